The van der Waals surface area contributed by atoms with E-state index in [2.05, 4.69) is 30.5 Å². The van der Waals surface area contributed by atoms with E-state index >= 15 is 0 Å². The molecule has 2 aliphatic rings. The van der Waals surface area contributed by atoms with Crippen LogP contribution in [0.25, 0.3) is 0 Å². The van der Waals surface area contributed by atoms with Crippen molar-refractivity contribution in [2.24, 2.45) is 5.84 Å². The molecule has 0 amide bonds. The zero-order valence-corrected chi connectivity index (χ0v) is 11.4. The van der Waals surface area contributed by atoms with Gasteiger partial charge >= 0.3 is 0 Å². The van der Waals surface area contributed by atoms with Crippen molar-refractivity contribution in [3.05, 3.63) is 29.3 Å². The first-order valence-electron chi connectivity index (χ1n) is 7.09. The highest BCUT2D eigenvalue weighted by Crippen LogP contribution is 2.42. The number of hydrogen-bond acceptors (Lipinski definition) is 4. The average molecular weight is 262 g/mol. The third-order valence-electron chi connectivity index (χ3n) is 4.30. The standard InChI is InChI=1S/C15H22N2O2/c1-15(8-4-10-19-15)14(17-16)12-7-2-5-11-6-3-9-18-13(11)12/h2,5,7,14,17H,3-4,6,8-10,16H2,1H3. The molecule has 0 spiro atoms. The monoisotopic (exact) mass is 262 g/mol. The number of para-hydroxylation sites is 1. The summed E-state index contributed by atoms with van der Waals surface area (Å²) in [6, 6.07) is 6.30. The van der Waals surface area contributed by atoms with E-state index < -0.39 is 0 Å². The average Bonchev–Trinajstić information content (AvgIpc) is 2.87. The Balaban J connectivity index is 1.99. The Morgan fingerprint density at radius 3 is 2.95 bits per heavy atom. The van der Waals surface area contributed by atoms with Crippen LogP contribution < -0.4 is 16.0 Å². The zero-order chi connectivity index (χ0) is 13.3. The number of nitrogens with two attached hydrogens (primary N) is 1. The summed E-state index contributed by atoms with van der Waals surface area (Å²) in [7, 11) is 0. The van der Waals surface area contributed by atoms with Crippen molar-refractivity contribution >= 4 is 0 Å². The molecule has 1 aromatic rings. The number of rotatable bonds is 3. The first-order valence-corrected chi connectivity index (χ1v) is 7.09. The predicted octanol–water partition coefficient (Wildman–Crippen LogP) is 2.09. The number of aryl methyl sites for hydroxylation is 1. The van der Waals surface area contributed by atoms with Gasteiger partial charge in [-0.15, -0.1) is 0 Å². The molecule has 2 atom stereocenters. The number of benzene rings is 1. The SMILES string of the molecule is CC1(C(NN)c2cccc3c2OCCC3)CCCO1. The third-order valence-corrected chi connectivity index (χ3v) is 4.30. The Kier molecular flexibility index (Phi) is 3.48. The van der Waals surface area contributed by atoms with Crippen molar-refractivity contribution in [3.63, 3.8) is 0 Å². The number of fused-ring (bicyclic) bond motifs is 1. The van der Waals surface area contributed by atoms with Gasteiger partial charge < -0.3 is 9.47 Å². The van der Waals surface area contributed by atoms with Crippen LogP contribution in [0.5, 0.6) is 5.75 Å². The van der Waals surface area contributed by atoms with E-state index in [4.69, 9.17) is 15.3 Å². The smallest absolute Gasteiger partial charge is 0.127 e. The first kappa shape index (κ1) is 12.9. The molecule has 0 saturated carbocycles. The third kappa shape index (κ3) is 2.24. The van der Waals surface area contributed by atoms with E-state index in [9.17, 15) is 0 Å². The Hall–Kier alpha value is -1.10. The molecule has 0 radical (unpaired) electrons. The lowest BCUT2D eigenvalue weighted by molar-refractivity contribution is -0.0133. The van der Waals surface area contributed by atoms with Crippen LogP contribution in [-0.4, -0.2) is 18.8 Å². The highest BCUT2D eigenvalue weighted by Gasteiger charge is 2.40. The van der Waals surface area contributed by atoms with Crippen molar-refractivity contribution in [1.82, 2.24) is 5.43 Å². The highest BCUT2D eigenvalue weighted by molar-refractivity contribution is 5.45. The topological polar surface area (TPSA) is 56.5 Å². The number of nitrogens with one attached hydrogen (secondary N) is 1. The summed E-state index contributed by atoms with van der Waals surface area (Å²) in [5.74, 6) is 6.83. The Morgan fingerprint density at radius 1 is 1.32 bits per heavy atom. The second-order valence-electron chi connectivity index (χ2n) is 5.65. The molecule has 0 aromatic heterocycles. The molecule has 19 heavy (non-hydrogen) atoms. The van der Waals surface area contributed by atoms with E-state index in [0.29, 0.717) is 0 Å². The van der Waals surface area contributed by atoms with Crippen LogP contribution >= 0.6 is 0 Å². The maximum Gasteiger partial charge on any atom is 0.127 e. The van der Waals surface area contributed by atoms with Gasteiger partial charge in [0.15, 0.2) is 0 Å². The van der Waals surface area contributed by atoms with E-state index in [1.165, 1.54) is 5.56 Å². The quantitative estimate of drug-likeness (QED) is 0.647. The van der Waals surface area contributed by atoms with Gasteiger partial charge in [-0.05, 0) is 38.2 Å². The van der Waals surface area contributed by atoms with Crippen LogP contribution in [0.4, 0.5) is 0 Å². The molecule has 1 fully saturated rings. The number of hydrogen-bond donors (Lipinski definition) is 2. The zero-order valence-electron chi connectivity index (χ0n) is 11.4. The van der Waals surface area contributed by atoms with Crippen molar-refractivity contribution in [2.75, 3.05) is 13.2 Å². The lowest BCUT2D eigenvalue weighted by atomic mass is 9.86. The molecule has 2 heterocycles. The maximum atomic E-state index is 5.94. The van der Waals surface area contributed by atoms with Gasteiger partial charge in [-0.3, -0.25) is 5.84 Å². The molecule has 1 saturated heterocycles. The summed E-state index contributed by atoms with van der Waals surface area (Å²) >= 11 is 0. The van der Waals surface area contributed by atoms with Gasteiger partial charge in [-0.25, -0.2) is 5.43 Å². The van der Waals surface area contributed by atoms with E-state index in [1.807, 2.05) is 0 Å². The van der Waals surface area contributed by atoms with Crippen LogP contribution in [0.1, 0.15) is 43.4 Å². The molecule has 0 aliphatic carbocycles. The van der Waals surface area contributed by atoms with E-state index in [1.54, 1.807) is 0 Å². The second kappa shape index (κ2) is 5.12. The van der Waals surface area contributed by atoms with Gasteiger partial charge in [0.1, 0.15) is 5.75 Å². The lowest BCUT2D eigenvalue weighted by Crippen LogP contribution is -2.44. The summed E-state index contributed by atoms with van der Waals surface area (Å²) in [6.07, 6.45) is 4.28. The lowest BCUT2D eigenvalue weighted by Gasteiger charge is -2.35. The largest absolute Gasteiger partial charge is 0.493 e. The van der Waals surface area contributed by atoms with Gasteiger partial charge in [0.2, 0.25) is 0 Å². The molecule has 0 bridgehead atoms. The summed E-state index contributed by atoms with van der Waals surface area (Å²) in [5.41, 5.74) is 5.11. The Morgan fingerprint density at radius 2 is 2.21 bits per heavy atom. The molecular formula is C15H22N2O2. The molecular weight excluding hydrogens is 240 g/mol. The predicted molar refractivity (Wildman–Crippen MR) is 73.9 cm³/mol. The summed E-state index contributed by atoms with van der Waals surface area (Å²) in [6.45, 7) is 3.73. The molecule has 4 heteroatoms. The minimum Gasteiger partial charge on any atom is -0.493 e. The van der Waals surface area contributed by atoms with Crippen molar-refractivity contribution in [1.29, 1.82) is 0 Å². The van der Waals surface area contributed by atoms with Crippen LogP contribution in [0.15, 0.2) is 18.2 Å². The van der Waals surface area contributed by atoms with Crippen LogP contribution in [0.2, 0.25) is 0 Å². The van der Waals surface area contributed by atoms with E-state index in [0.717, 1.165) is 50.2 Å². The second-order valence-corrected chi connectivity index (χ2v) is 5.65. The van der Waals surface area contributed by atoms with Crippen LogP contribution in [-0.2, 0) is 11.2 Å². The van der Waals surface area contributed by atoms with E-state index in [-0.39, 0.29) is 11.6 Å². The fourth-order valence-corrected chi connectivity index (χ4v) is 3.27. The van der Waals surface area contributed by atoms with Gasteiger partial charge in [-0.1, -0.05) is 18.2 Å². The number of hydrazine groups is 1. The first-order chi connectivity index (χ1) is 9.24. The maximum absolute atomic E-state index is 5.94. The Bertz CT molecular complexity index is 455. The van der Waals surface area contributed by atoms with Crippen molar-refractivity contribution < 1.29 is 9.47 Å². The Labute approximate surface area is 114 Å². The highest BCUT2D eigenvalue weighted by atomic mass is 16.5. The molecule has 4 nitrogen and oxygen atoms in total. The van der Waals surface area contributed by atoms with Crippen LogP contribution in [0.3, 0.4) is 0 Å². The van der Waals surface area contributed by atoms with Gasteiger partial charge in [-0.2, -0.15) is 0 Å². The summed E-state index contributed by atoms with van der Waals surface area (Å²) in [4.78, 5) is 0. The number of ether oxygens (including phenoxy) is 2. The molecule has 3 rings (SSSR count). The van der Waals surface area contributed by atoms with Gasteiger partial charge in [0, 0.05) is 12.2 Å². The fourth-order valence-electron chi connectivity index (χ4n) is 3.27. The van der Waals surface area contributed by atoms with Crippen LogP contribution in [0, 0.1) is 0 Å². The van der Waals surface area contributed by atoms with Gasteiger partial charge in [0.25, 0.3) is 0 Å². The molecule has 3 N–H and O–H groups in total. The minimum absolute atomic E-state index is 0.0250. The normalized spacial score (nSPS) is 27.7. The van der Waals surface area contributed by atoms with Crippen molar-refractivity contribution in [2.45, 2.75) is 44.2 Å². The summed E-state index contributed by atoms with van der Waals surface area (Å²) in [5, 5.41) is 0. The molecule has 2 aliphatic heterocycles. The minimum atomic E-state index is -0.245. The molecule has 2 unspecified atom stereocenters. The summed E-state index contributed by atoms with van der Waals surface area (Å²) < 4.78 is 11.8. The fraction of sp³-hybridized carbons (Fsp3) is 0.600. The molecule has 104 valence electrons. The van der Waals surface area contributed by atoms with Crippen molar-refractivity contribution in [3.8, 4) is 5.75 Å². The van der Waals surface area contributed by atoms with Gasteiger partial charge in [0.05, 0.1) is 18.2 Å². The molecule has 1 aromatic carbocycles.